The van der Waals surface area contributed by atoms with Crippen LogP contribution in [0.25, 0.3) is 17.1 Å². The van der Waals surface area contributed by atoms with Crippen molar-refractivity contribution in [3.05, 3.63) is 88.4 Å². The molecule has 0 aliphatic carbocycles. The summed E-state index contributed by atoms with van der Waals surface area (Å²) >= 11 is 13.6. The molecule has 0 spiro atoms. The first kappa shape index (κ1) is 23.4. The van der Waals surface area contributed by atoms with Crippen molar-refractivity contribution in [3.8, 4) is 17.1 Å². The number of thioether (sulfide) groups is 1. The van der Waals surface area contributed by atoms with Crippen LogP contribution in [0.5, 0.6) is 0 Å². The van der Waals surface area contributed by atoms with E-state index in [9.17, 15) is 4.79 Å². The van der Waals surface area contributed by atoms with Crippen molar-refractivity contribution < 1.29 is 4.79 Å². The lowest BCUT2D eigenvalue weighted by Crippen LogP contribution is -2.16. The minimum atomic E-state index is -0.108. The molecule has 0 unspecified atom stereocenters. The summed E-state index contributed by atoms with van der Waals surface area (Å²) in [5.74, 6) is 1.02. The van der Waals surface area contributed by atoms with Crippen molar-refractivity contribution in [2.24, 2.45) is 0 Å². The van der Waals surface area contributed by atoms with Crippen molar-refractivity contribution in [1.82, 2.24) is 14.8 Å². The summed E-state index contributed by atoms with van der Waals surface area (Å²) in [6, 6.07) is 22.7. The Kier molecular flexibility index (Phi) is 7.38. The van der Waals surface area contributed by atoms with E-state index in [1.165, 1.54) is 11.8 Å². The lowest BCUT2D eigenvalue weighted by atomic mass is 10.0. The van der Waals surface area contributed by atoms with Gasteiger partial charge in [-0.2, -0.15) is 0 Å². The van der Waals surface area contributed by atoms with E-state index < -0.39 is 0 Å². The summed E-state index contributed by atoms with van der Waals surface area (Å²) in [5, 5.41) is 13.6. The SMILES string of the molecule is CC(C)c1ccccc1NC(=O)CSc1nnc(-c2cccc(Cl)c2)n1-c1ccc(Cl)cc1. The minimum Gasteiger partial charge on any atom is -0.325 e. The molecule has 1 heterocycles. The molecule has 33 heavy (non-hydrogen) atoms. The Morgan fingerprint density at radius 2 is 1.73 bits per heavy atom. The van der Waals surface area contributed by atoms with Crippen molar-refractivity contribution in [3.63, 3.8) is 0 Å². The number of aromatic nitrogens is 3. The molecule has 1 aromatic heterocycles. The summed E-state index contributed by atoms with van der Waals surface area (Å²) < 4.78 is 1.90. The van der Waals surface area contributed by atoms with E-state index in [2.05, 4.69) is 29.4 Å². The van der Waals surface area contributed by atoms with Gasteiger partial charge in [-0.1, -0.05) is 79.1 Å². The zero-order valence-corrected chi connectivity index (χ0v) is 20.5. The summed E-state index contributed by atoms with van der Waals surface area (Å²) in [6.45, 7) is 4.21. The molecule has 4 rings (SSSR count). The number of nitrogens with zero attached hydrogens (tertiary/aromatic N) is 3. The van der Waals surface area contributed by atoms with E-state index >= 15 is 0 Å². The lowest BCUT2D eigenvalue weighted by Gasteiger charge is -2.14. The molecule has 0 bridgehead atoms. The van der Waals surface area contributed by atoms with Gasteiger partial charge in [0.25, 0.3) is 0 Å². The van der Waals surface area contributed by atoms with Crippen LogP contribution in [0.3, 0.4) is 0 Å². The maximum Gasteiger partial charge on any atom is 0.234 e. The van der Waals surface area contributed by atoms with E-state index in [-0.39, 0.29) is 11.7 Å². The molecule has 5 nitrogen and oxygen atoms in total. The van der Waals surface area contributed by atoms with E-state index in [1.807, 2.05) is 77.4 Å². The number of amides is 1. The third-order valence-corrected chi connectivity index (χ3v) is 6.41. The maximum absolute atomic E-state index is 12.8. The number of anilines is 1. The van der Waals surface area contributed by atoms with Gasteiger partial charge in [0.05, 0.1) is 5.75 Å². The van der Waals surface area contributed by atoms with Crippen molar-refractivity contribution in [1.29, 1.82) is 0 Å². The van der Waals surface area contributed by atoms with Gasteiger partial charge in [0.1, 0.15) is 0 Å². The lowest BCUT2D eigenvalue weighted by molar-refractivity contribution is -0.113. The Morgan fingerprint density at radius 3 is 2.45 bits per heavy atom. The molecule has 0 fully saturated rings. The highest BCUT2D eigenvalue weighted by Crippen LogP contribution is 2.30. The van der Waals surface area contributed by atoms with E-state index in [1.54, 1.807) is 0 Å². The third-order valence-electron chi connectivity index (χ3n) is 4.99. The molecule has 0 saturated heterocycles. The van der Waals surface area contributed by atoms with Gasteiger partial charge in [0, 0.05) is 27.0 Å². The Labute approximate surface area is 207 Å². The number of nitrogens with one attached hydrogen (secondary N) is 1. The van der Waals surface area contributed by atoms with Gasteiger partial charge < -0.3 is 5.32 Å². The highest BCUT2D eigenvalue weighted by molar-refractivity contribution is 7.99. The summed E-state index contributed by atoms with van der Waals surface area (Å²) in [5.41, 5.74) is 3.60. The maximum atomic E-state index is 12.8. The van der Waals surface area contributed by atoms with Crippen LogP contribution in [0, 0.1) is 0 Å². The topological polar surface area (TPSA) is 59.8 Å². The Bertz CT molecular complexity index is 1270. The first-order valence-electron chi connectivity index (χ1n) is 10.4. The second-order valence-corrected chi connectivity index (χ2v) is 9.52. The Balaban J connectivity index is 1.60. The normalized spacial score (nSPS) is 11.1. The quantitative estimate of drug-likeness (QED) is 0.277. The number of carbonyl (C=O) groups is 1. The number of benzene rings is 3. The van der Waals surface area contributed by atoms with Crippen LogP contribution < -0.4 is 5.32 Å². The van der Waals surface area contributed by atoms with E-state index in [0.717, 1.165) is 22.5 Å². The van der Waals surface area contributed by atoms with Crippen LogP contribution in [0.15, 0.2) is 78.0 Å². The molecule has 0 aliphatic heterocycles. The molecule has 0 saturated carbocycles. The van der Waals surface area contributed by atoms with Crippen LogP contribution in [-0.2, 0) is 4.79 Å². The summed E-state index contributed by atoms with van der Waals surface area (Å²) in [4.78, 5) is 12.8. The van der Waals surface area contributed by atoms with Gasteiger partial charge in [-0.05, 0) is 53.9 Å². The monoisotopic (exact) mass is 496 g/mol. The van der Waals surface area contributed by atoms with Gasteiger partial charge >= 0.3 is 0 Å². The van der Waals surface area contributed by atoms with Crippen LogP contribution in [0.4, 0.5) is 5.69 Å². The Morgan fingerprint density at radius 1 is 0.970 bits per heavy atom. The average Bonchev–Trinajstić information content (AvgIpc) is 3.22. The van der Waals surface area contributed by atoms with Crippen molar-refractivity contribution in [2.75, 3.05) is 11.1 Å². The summed E-state index contributed by atoms with van der Waals surface area (Å²) in [6.07, 6.45) is 0. The van der Waals surface area contributed by atoms with Crippen LogP contribution in [0.1, 0.15) is 25.3 Å². The van der Waals surface area contributed by atoms with Gasteiger partial charge in [-0.3, -0.25) is 9.36 Å². The number of rotatable bonds is 7. The molecule has 0 aliphatic rings. The zero-order chi connectivity index (χ0) is 23.4. The minimum absolute atomic E-state index is 0.108. The highest BCUT2D eigenvalue weighted by Gasteiger charge is 2.18. The highest BCUT2D eigenvalue weighted by atomic mass is 35.5. The van der Waals surface area contributed by atoms with E-state index in [4.69, 9.17) is 23.2 Å². The fraction of sp³-hybridized carbons (Fsp3) is 0.160. The van der Waals surface area contributed by atoms with E-state index in [0.29, 0.717) is 26.9 Å². The first-order valence-corrected chi connectivity index (χ1v) is 12.2. The number of para-hydroxylation sites is 1. The fourth-order valence-corrected chi connectivity index (χ4v) is 4.50. The largest absolute Gasteiger partial charge is 0.325 e. The second kappa shape index (κ2) is 10.4. The van der Waals surface area contributed by atoms with Crippen LogP contribution in [-0.4, -0.2) is 26.4 Å². The molecule has 0 radical (unpaired) electrons. The standard InChI is InChI=1S/C25H22Cl2N4OS/c1-16(2)21-8-3-4-9-22(21)28-23(32)15-33-25-30-29-24(17-6-5-7-19(27)14-17)31(25)20-12-10-18(26)11-13-20/h3-14,16H,15H2,1-2H3,(H,28,32). The first-order chi connectivity index (χ1) is 15.9. The molecule has 3 aromatic carbocycles. The second-order valence-electron chi connectivity index (χ2n) is 7.71. The number of carbonyl (C=O) groups excluding carboxylic acids is 1. The third kappa shape index (κ3) is 5.58. The molecule has 4 aromatic rings. The van der Waals surface area contributed by atoms with Gasteiger partial charge in [0.15, 0.2) is 11.0 Å². The molecule has 0 atom stereocenters. The number of hydrogen-bond donors (Lipinski definition) is 1. The fourth-order valence-electron chi connectivity index (χ4n) is 3.43. The molecule has 1 amide bonds. The summed E-state index contributed by atoms with van der Waals surface area (Å²) in [7, 11) is 0. The predicted molar refractivity (Wildman–Crippen MR) is 137 cm³/mol. The molecular weight excluding hydrogens is 475 g/mol. The zero-order valence-electron chi connectivity index (χ0n) is 18.1. The number of hydrogen-bond acceptors (Lipinski definition) is 4. The van der Waals surface area contributed by atoms with Gasteiger partial charge in [-0.15, -0.1) is 10.2 Å². The molecular formula is C25H22Cl2N4OS. The Hall–Kier alpha value is -2.80. The van der Waals surface area contributed by atoms with Gasteiger partial charge in [-0.25, -0.2) is 0 Å². The molecule has 1 N–H and O–H groups in total. The van der Waals surface area contributed by atoms with Crippen LogP contribution >= 0.6 is 35.0 Å². The van der Waals surface area contributed by atoms with Gasteiger partial charge in [0.2, 0.25) is 5.91 Å². The molecule has 8 heteroatoms. The van der Waals surface area contributed by atoms with Crippen molar-refractivity contribution in [2.45, 2.75) is 24.9 Å². The predicted octanol–water partition coefficient (Wildman–Crippen LogP) is 7.10. The number of halogens is 2. The van der Waals surface area contributed by atoms with Crippen molar-refractivity contribution >= 4 is 46.6 Å². The average molecular weight is 497 g/mol. The molecule has 168 valence electrons. The smallest absolute Gasteiger partial charge is 0.234 e. The van der Waals surface area contributed by atoms with Crippen LogP contribution in [0.2, 0.25) is 10.0 Å².